The lowest BCUT2D eigenvalue weighted by Gasteiger charge is -2.27. The molecule has 1 saturated carbocycles. The molecule has 0 bridgehead atoms. The summed E-state index contributed by atoms with van der Waals surface area (Å²) in [6.07, 6.45) is 4.48. The van der Waals surface area contributed by atoms with E-state index >= 15 is 0 Å². The van der Waals surface area contributed by atoms with Gasteiger partial charge in [0.15, 0.2) is 0 Å². The number of carbonyl (C=O) groups excluding carboxylic acids is 1. The summed E-state index contributed by atoms with van der Waals surface area (Å²) < 4.78 is 5.41. The van der Waals surface area contributed by atoms with E-state index in [-0.39, 0.29) is 0 Å². The molecule has 0 saturated heterocycles. The zero-order valence-electron chi connectivity index (χ0n) is 13.1. The maximum Gasteiger partial charge on any atom is 0.250 e. The summed E-state index contributed by atoms with van der Waals surface area (Å²) in [5, 5.41) is 0.890. The fourth-order valence-corrected chi connectivity index (χ4v) is 3.39. The van der Waals surface area contributed by atoms with Crippen LogP contribution in [-0.2, 0) is 0 Å². The minimum Gasteiger partial charge on any atom is -0.494 e. The van der Waals surface area contributed by atoms with Gasteiger partial charge in [-0.25, -0.2) is 4.98 Å². The first-order valence-corrected chi connectivity index (χ1v) is 7.87. The number of nitrogens with two attached hydrogens (primary N) is 1. The number of methoxy groups -OCH3 is 1. The van der Waals surface area contributed by atoms with Crippen LogP contribution in [-0.4, -0.2) is 18.0 Å². The lowest BCUT2D eigenvalue weighted by atomic mass is 9.80. The molecule has 1 aromatic carbocycles. The van der Waals surface area contributed by atoms with Crippen molar-refractivity contribution >= 4 is 16.8 Å². The summed E-state index contributed by atoms with van der Waals surface area (Å²) >= 11 is 0. The zero-order valence-corrected chi connectivity index (χ0v) is 13.1. The van der Waals surface area contributed by atoms with Gasteiger partial charge in [-0.3, -0.25) is 4.79 Å². The minimum absolute atomic E-state index is 0.313. The molecule has 1 aliphatic rings. The largest absolute Gasteiger partial charge is 0.494 e. The van der Waals surface area contributed by atoms with Crippen LogP contribution in [0, 0.1) is 5.92 Å². The first kappa shape index (κ1) is 14.8. The number of amides is 1. The minimum atomic E-state index is -0.397. The number of fused-ring (bicyclic) bond motifs is 1. The molecule has 1 amide bonds. The van der Waals surface area contributed by atoms with Crippen LogP contribution in [0.2, 0.25) is 0 Å². The average molecular weight is 298 g/mol. The third-order valence-corrected chi connectivity index (χ3v) is 4.73. The highest BCUT2D eigenvalue weighted by atomic mass is 16.5. The highest BCUT2D eigenvalue weighted by Gasteiger charge is 2.25. The number of hydrogen-bond donors (Lipinski definition) is 1. The summed E-state index contributed by atoms with van der Waals surface area (Å²) in [5.74, 6) is 1.40. The SMILES string of the molecule is COc1cccc2cc(C(N)=O)c(C3CCC(C)CC3)nc12. The molecule has 1 aromatic heterocycles. The van der Waals surface area contributed by atoms with Crippen molar-refractivity contribution in [3.8, 4) is 5.75 Å². The van der Waals surface area contributed by atoms with Crippen molar-refractivity contribution < 1.29 is 9.53 Å². The van der Waals surface area contributed by atoms with E-state index in [0.29, 0.717) is 11.5 Å². The van der Waals surface area contributed by atoms with E-state index < -0.39 is 5.91 Å². The van der Waals surface area contributed by atoms with Crippen LogP contribution in [0.25, 0.3) is 10.9 Å². The van der Waals surface area contributed by atoms with Gasteiger partial charge < -0.3 is 10.5 Å². The van der Waals surface area contributed by atoms with Gasteiger partial charge in [0.05, 0.1) is 18.4 Å². The Balaban J connectivity index is 2.13. The number of benzene rings is 1. The normalized spacial score (nSPS) is 21.7. The summed E-state index contributed by atoms with van der Waals surface area (Å²) in [6.45, 7) is 2.28. The smallest absolute Gasteiger partial charge is 0.250 e. The molecule has 0 aliphatic heterocycles. The Morgan fingerprint density at radius 1 is 1.27 bits per heavy atom. The molecule has 116 valence electrons. The zero-order chi connectivity index (χ0) is 15.7. The second-order valence-corrected chi connectivity index (χ2v) is 6.27. The highest BCUT2D eigenvalue weighted by molar-refractivity contribution is 5.98. The molecular formula is C18H22N2O2. The fourth-order valence-electron chi connectivity index (χ4n) is 3.39. The maximum atomic E-state index is 11.9. The average Bonchev–Trinajstić information content (AvgIpc) is 2.53. The number of para-hydroxylation sites is 1. The highest BCUT2D eigenvalue weighted by Crippen LogP contribution is 2.37. The lowest BCUT2D eigenvalue weighted by Crippen LogP contribution is -2.20. The molecule has 2 N–H and O–H groups in total. The van der Waals surface area contributed by atoms with Crippen molar-refractivity contribution in [2.45, 2.75) is 38.5 Å². The number of hydrogen-bond acceptors (Lipinski definition) is 3. The van der Waals surface area contributed by atoms with E-state index in [9.17, 15) is 4.79 Å². The van der Waals surface area contributed by atoms with E-state index in [0.717, 1.165) is 41.1 Å². The van der Waals surface area contributed by atoms with E-state index in [1.54, 1.807) is 7.11 Å². The van der Waals surface area contributed by atoms with Crippen LogP contribution in [0.1, 0.15) is 54.6 Å². The van der Waals surface area contributed by atoms with Crippen LogP contribution in [0.5, 0.6) is 5.75 Å². The quantitative estimate of drug-likeness (QED) is 0.941. The third-order valence-electron chi connectivity index (χ3n) is 4.73. The maximum absolute atomic E-state index is 11.9. The number of rotatable bonds is 3. The number of ether oxygens (including phenoxy) is 1. The van der Waals surface area contributed by atoms with E-state index in [4.69, 9.17) is 15.5 Å². The molecule has 0 radical (unpaired) electrons. The molecule has 0 atom stereocenters. The predicted octanol–water partition coefficient (Wildman–Crippen LogP) is 3.64. The van der Waals surface area contributed by atoms with E-state index in [1.807, 2.05) is 24.3 Å². The summed E-state index contributed by atoms with van der Waals surface area (Å²) in [6, 6.07) is 7.59. The Hall–Kier alpha value is -2.10. The van der Waals surface area contributed by atoms with E-state index in [1.165, 1.54) is 12.8 Å². The van der Waals surface area contributed by atoms with Crippen LogP contribution < -0.4 is 10.5 Å². The van der Waals surface area contributed by atoms with Gasteiger partial charge in [0, 0.05) is 11.3 Å². The fraction of sp³-hybridized carbons (Fsp3) is 0.444. The van der Waals surface area contributed by atoms with Gasteiger partial charge in [0.1, 0.15) is 11.3 Å². The van der Waals surface area contributed by atoms with Crippen LogP contribution in [0.15, 0.2) is 24.3 Å². The Morgan fingerprint density at radius 3 is 2.64 bits per heavy atom. The second-order valence-electron chi connectivity index (χ2n) is 6.27. The van der Waals surface area contributed by atoms with Crippen molar-refractivity contribution in [1.82, 2.24) is 4.98 Å². The molecule has 0 spiro atoms. The number of primary amides is 1. The van der Waals surface area contributed by atoms with Gasteiger partial charge in [0.25, 0.3) is 5.91 Å². The Bertz CT molecular complexity index is 704. The van der Waals surface area contributed by atoms with Gasteiger partial charge in [-0.15, -0.1) is 0 Å². The molecule has 1 fully saturated rings. The second kappa shape index (κ2) is 5.95. The molecule has 1 heterocycles. The van der Waals surface area contributed by atoms with Crippen molar-refractivity contribution in [2.75, 3.05) is 7.11 Å². The van der Waals surface area contributed by atoms with Crippen LogP contribution >= 0.6 is 0 Å². The Kier molecular flexibility index (Phi) is 4.01. The topological polar surface area (TPSA) is 65.2 Å². The first-order chi connectivity index (χ1) is 10.6. The van der Waals surface area contributed by atoms with E-state index in [2.05, 4.69) is 6.92 Å². The molecular weight excluding hydrogens is 276 g/mol. The third kappa shape index (κ3) is 2.65. The van der Waals surface area contributed by atoms with Crippen LogP contribution in [0.3, 0.4) is 0 Å². The van der Waals surface area contributed by atoms with Crippen molar-refractivity contribution in [3.05, 3.63) is 35.5 Å². The molecule has 4 nitrogen and oxygen atoms in total. The summed E-state index contributed by atoms with van der Waals surface area (Å²) in [4.78, 5) is 16.7. The Morgan fingerprint density at radius 2 is 2.00 bits per heavy atom. The lowest BCUT2D eigenvalue weighted by molar-refractivity contribution is 0.0998. The first-order valence-electron chi connectivity index (χ1n) is 7.87. The summed E-state index contributed by atoms with van der Waals surface area (Å²) in [7, 11) is 1.64. The number of pyridine rings is 1. The van der Waals surface area contributed by atoms with Crippen molar-refractivity contribution in [1.29, 1.82) is 0 Å². The van der Waals surface area contributed by atoms with Gasteiger partial charge in [-0.1, -0.05) is 31.9 Å². The molecule has 1 aliphatic carbocycles. The summed E-state index contributed by atoms with van der Waals surface area (Å²) in [5.41, 5.74) is 7.81. The number of nitrogens with zero attached hydrogens (tertiary/aromatic N) is 1. The monoisotopic (exact) mass is 298 g/mol. The van der Waals surface area contributed by atoms with Gasteiger partial charge in [-0.2, -0.15) is 0 Å². The van der Waals surface area contributed by atoms with Gasteiger partial charge in [-0.05, 0) is 30.9 Å². The van der Waals surface area contributed by atoms with Crippen molar-refractivity contribution in [3.63, 3.8) is 0 Å². The van der Waals surface area contributed by atoms with Gasteiger partial charge >= 0.3 is 0 Å². The number of carbonyl (C=O) groups is 1. The molecule has 4 heteroatoms. The molecule has 2 aromatic rings. The van der Waals surface area contributed by atoms with Crippen LogP contribution in [0.4, 0.5) is 0 Å². The molecule has 0 unspecified atom stereocenters. The Labute approximate surface area is 130 Å². The number of aromatic nitrogens is 1. The molecule has 22 heavy (non-hydrogen) atoms. The van der Waals surface area contributed by atoms with Gasteiger partial charge in [0.2, 0.25) is 0 Å². The molecule has 3 rings (SSSR count). The standard InChI is InChI=1S/C18H22N2O2/c1-11-6-8-12(9-7-11)16-14(18(19)21)10-13-4-3-5-15(22-2)17(13)20-16/h3-5,10-12H,6-9H2,1-2H3,(H2,19,21). The predicted molar refractivity (Wildman–Crippen MR) is 87.2 cm³/mol. The van der Waals surface area contributed by atoms with Crippen molar-refractivity contribution in [2.24, 2.45) is 11.7 Å².